The molecular weight excluding hydrogens is 447 g/mol. The quantitative estimate of drug-likeness (QED) is 0.525. The number of hydrogen-bond donors (Lipinski definition) is 2. The number of halogens is 3. The van der Waals surface area contributed by atoms with Crippen molar-refractivity contribution >= 4 is 17.2 Å². The highest BCUT2D eigenvalue weighted by molar-refractivity contribution is 6.04. The zero-order valence-electron chi connectivity index (χ0n) is 19.7. The van der Waals surface area contributed by atoms with E-state index in [0.29, 0.717) is 42.6 Å². The van der Waals surface area contributed by atoms with Gasteiger partial charge in [0.05, 0.1) is 13.2 Å². The molecule has 1 saturated heterocycles. The second kappa shape index (κ2) is 9.48. The summed E-state index contributed by atoms with van der Waals surface area (Å²) in [7, 11) is 1.53. The van der Waals surface area contributed by atoms with Gasteiger partial charge in [0, 0.05) is 60.9 Å². The number of rotatable bonds is 9. The van der Waals surface area contributed by atoms with Crippen LogP contribution in [0, 0.1) is 17.8 Å². The van der Waals surface area contributed by atoms with E-state index in [9.17, 15) is 13.2 Å². The molecule has 2 heterocycles. The lowest BCUT2D eigenvalue weighted by Crippen LogP contribution is -2.33. The molecule has 4 rings (SSSR count). The predicted octanol–water partition coefficient (Wildman–Crippen LogP) is 3.62. The molecule has 34 heavy (non-hydrogen) atoms. The summed E-state index contributed by atoms with van der Waals surface area (Å²) in [5.41, 5.74) is 13.5. The number of pyridine rings is 1. The Morgan fingerprint density at radius 1 is 1.41 bits per heavy atom. The molecule has 3 aliphatic rings. The zero-order valence-corrected chi connectivity index (χ0v) is 19.7. The molecule has 0 bridgehead atoms. The van der Waals surface area contributed by atoms with E-state index in [-0.39, 0.29) is 30.1 Å². The number of alkyl halides is 3. The molecule has 2 fully saturated rings. The smallest absolute Gasteiger partial charge is 0.387 e. The van der Waals surface area contributed by atoms with Crippen LogP contribution in [0.25, 0.3) is 5.70 Å². The molecule has 4 atom stereocenters. The van der Waals surface area contributed by atoms with Gasteiger partial charge in [0.2, 0.25) is 0 Å². The van der Waals surface area contributed by atoms with Crippen molar-refractivity contribution in [2.24, 2.45) is 28.5 Å². The van der Waals surface area contributed by atoms with E-state index >= 15 is 0 Å². The molecule has 10 heteroatoms. The maximum Gasteiger partial charge on any atom is 0.387 e. The van der Waals surface area contributed by atoms with Crippen LogP contribution < -0.4 is 16.2 Å². The Morgan fingerprint density at radius 3 is 2.79 bits per heavy atom. The zero-order chi connectivity index (χ0) is 24.6. The monoisotopic (exact) mass is 479 g/mol. The molecule has 2 aliphatic carbocycles. The molecule has 0 radical (unpaired) electrons. The molecule has 1 aliphatic heterocycles. The van der Waals surface area contributed by atoms with Gasteiger partial charge in [-0.15, -0.1) is 0 Å². The molecular formula is C24H32F3N5O2. The van der Waals surface area contributed by atoms with Gasteiger partial charge in [-0.1, -0.05) is 6.08 Å². The van der Waals surface area contributed by atoms with Crippen LogP contribution in [0.5, 0.6) is 5.75 Å². The summed E-state index contributed by atoms with van der Waals surface area (Å²) in [5.74, 6) is 0.601. The van der Waals surface area contributed by atoms with E-state index in [1.807, 2.05) is 13.8 Å². The van der Waals surface area contributed by atoms with Crippen molar-refractivity contribution in [3.8, 4) is 5.75 Å². The van der Waals surface area contributed by atoms with Crippen LogP contribution in [0.3, 0.4) is 0 Å². The largest absolute Gasteiger partial charge is 0.431 e. The van der Waals surface area contributed by atoms with Gasteiger partial charge in [0.1, 0.15) is 0 Å². The first kappa shape index (κ1) is 24.4. The third-order valence-corrected chi connectivity index (χ3v) is 6.66. The predicted molar refractivity (Wildman–Crippen MR) is 125 cm³/mol. The van der Waals surface area contributed by atoms with Gasteiger partial charge < -0.3 is 25.8 Å². The highest BCUT2D eigenvalue weighted by Gasteiger charge is 2.56. The Balaban J connectivity index is 1.49. The van der Waals surface area contributed by atoms with Gasteiger partial charge in [-0.05, 0) is 44.2 Å². The standard InChI is InChI=1S/C24H32F3N5O2/c1-13(2)31-19(9-18(28)14-6-20(34-23(25)26)22(29)30-10-14)21-16-7-15(8-17(16)21)32-5-4-24(27,11-32)12-33-3/h6-7,9-10,13,16-17,21,23H,4-5,8,11-12,28H2,1-3H3,(H2,29,30). The molecule has 186 valence electrons. The Labute approximate surface area is 197 Å². The highest BCUT2D eigenvalue weighted by Crippen LogP contribution is 2.58. The van der Waals surface area contributed by atoms with E-state index in [2.05, 4.69) is 20.7 Å². The summed E-state index contributed by atoms with van der Waals surface area (Å²) in [5, 5.41) is 0. The SMILES string of the molecule is COCC1(F)CCN(C2=CC3C(C2)C3C(C=C(N)c2cnc(N)c(OC(F)F)c2)=NC(C)C)C1. The van der Waals surface area contributed by atoms with E-state index < -0.39 is 12.3 Å². The third-order valence-electron chi connectivity index (χ3n) is 6.66. The van der Waals surface area contributed by atoms with Crippen molar-refractivity contribution in [1.29, 1.82) is 0 Å². The number of nitrogens with zero attached hydrogens (tertiary/aromatic N) is 3. The van der Waals surface area contributed by atoms with Crippen LogP contribution in [-0.2, 0) is 4.74 Å². The van der Waals surface area contributed by atoms with Crippen LogP contribution >= 0.6 is 0 Å². The third kappa shape index (κ3) is 5.16. The van der Waals surface area contributed by atoms with Crippen molar-refractivity contribution in [2.75, 3.05) is 32.5 Å². The molecule has 0 amide bonds. The van der Waals surface area contributed by atoms with Crippen LogP contribution in [-0.4, -0.2) is 60.7 Å². The lowest BCUT2D eigenvalue weighted by Gasteiger charge is -2.23. The summed E-state index contributed by atoms with van der Waals surface area (Å²) in [6.45, 7) is 2.15. The van der Waals surface area contributed by atoms with Crippen molar-refractivity contribution in [3.63, 3.8) is 0 Å². The topological polar surface area (TPSA) is 99.0 Å². The molecule has 4 N–H and O–H groups in total. The van der Waals surface area contributed by atoms with Gasteiger partial charge in [0.15, 0.2) is 17.2 Å². The lowest BCUT2D eigenvalue weighted by molar-refractivity contribution is -0.0495. The minimum absolute atomic E-state index is 0.0610. The van der Waals surface area contributed by atoms with Crippen LogP contribution in [0.15, 0.2) is 35.1 Å². The normalized spacial score (nSPS) is 29.1. The Kier molecular flexibility index (Phi) is 6.80. The first-order valence-electron chi connectivity index (χ1n) is 11.5. The van der Waals surface area contributed by atoms with Crippen molar-refractivity contribution < 1.29 is 22.6 Å². The Hall–Kier alpha value is -2.75. The second-order valence-electron chi connectivity index (χ2n) is 9.62. The van der Waals surface area contributed by atoms with Crippen LogP contribution in [0.2, 0.25) is 0 Å². The first-order chi connectivity index (χ1) is 16.1. The van der Waals surface area contributed by atoms with Gasteiger partial charge in [0.25, 0.3) is 0 Å². The van der Waals surface area contributed by atoms with Crippen LogP contribution in [0.4, 0.5) is 19.0 Å². The number of aromatic nitrogens is 1. The number of nitrogen functional groups attached to an aromatic ring is 1. The van der Waals surface area contributed by atoms with Crippen LogP contribution in [0.1, 0.15) is 32.3 Å². The number of ether oxygens (including phenoxy) is 2. The van der Waals surface area contributed by atoms with E-state index in [4.69, 9.17) is 21.2 Å². The average Bonchev–Trinajstić information content (AvgIpc) is 3.06. The molecule has 0 spiro atoms. The summed E-state index contributed by atoms with van der Waals surface area (Å²) < 4.78 is 49.6. The lowest BCUT2D eigenvalue weighted by atomic mass is 10.0. The molecule has 1 saturated carbocycles. The number of anilines is 1. The minimum atomic E-state index is -3.01. The van der Waals surface area contributed by atoms with Crippen molar-refractivity contribution in [1.82, 2.24) is 9.88 Å². The number of allylic oxidation sites excluding steroid dienone is 3. The molecule has 0 aromatic carbocycles. The van der Waals surface area contributed by atoms with E-state index in [1.54, 1.807) is 6.08 Å². The first-order valence-corrected chi connectivity index (χ1v) is 11.5. The van der Waals surface area contributed by atoms with Crippen molar-refractivity contribution in [3.05, 3.63) is 35.7 Å². The molecule has 1 aromatic rings. The van der Waals surface area contributed by atoms with E-state index in [0.717, 1.165) is 12.1 Å². The molecule has 4 unspecified atom stereocenters. The van der Waals surface area contributed by atoms with Gasteiger partial charge in [-0.25, -0.2) is 9.37 Å². The summed E-state index contributed by atoms with van der Waals surface area (Å²) in [6.07, 6.45) is 6.81. The number of nitrogens with two attached hydrogens (primary N) is 2. The molecule has 7 nitrogen and oxygen atoms in total. The summed E-state index contributed by atoms with van der Waals surface area (Å²) >= 11 is 0. The highest BCUT2D eigenvalue weighted by atomic mass is 19.3. The fourth-order valence-electron chi connectivity index (χ4n) is 5.09. The molecule has 1 aromatic heterocycles. The fourth-order valence-corrected chi connectivity index (χ4v) is 5.09. The van der Waals surface area contributed by atoms with E-state index in [1.165, 1.54) is 25.1 Å². The average molecular weight is 480 g/mol. The van der Waals surface area contributed by atoms with Gasteiger partial charge in [-0.2, -0.15) is 8.78 Å². The Morgan fingerprint density at radius 2 is 2.18 bits per heavy atom. The minimum Gasteiger partial charge on any atom is -0.431 e. The maximum atomic E-state index is 14.8. The number of likely N-dealkylation sites (tertiary alicyclic amines) is 1. The Bertz CT molecular complexity index is 1010. The van der Waals surface area contributed by atoms with Crippen molar-refractivity contribution in [2.45, 2.75) is 45.0 Å². The fraction of sp³-hybridized carbons (Fsp3) is 0.583. The summed E-state index contributed by atoms with van der Waals surface area (Å²) in [4.78, 5) is 10.8. The summed E-state index contributed by atoms with van der Waals surface area (Å²) in [6, 6.07) is 1.42. The maximum absolute atomic E-state index is 14.8. The van der Waals surface area contributed by atoms with Gasteiger partial charge in [-0.3, -0.25) is 4.99 Å². The number of hydrogen-bond acceptors (Lipinski definition) is 7. The number of aliphatic imine (C=N–C) groups is 1. The number of methoxy groups -OCH3 is 1. The second-order valence-corrected chi connectivity index (χ2v) is 9.62. The number of fused-ring (bicyclic) bond motifs is 1. The van der Waals surface area contributed by atoms with Gasteiger partial charge >= 0.3 is 6.61 Å².